The highest BCUT2D eigenvalue weighted by Gasteiger charge is 2.32. The number of non-ortho nitro benzene ring substituents is 1. The van der Waals surface area contributed by atoms with E-state index in [0.29, 0.717) is 12.5 Å². The van der Waals surface area contributed by atoms with E-state index in [1.54, 1.807) is 4.90 Å². The number of nitro benzene ring substituents is 1. The number of hydrogen-bond acceptors (Lipinski definition) is 4. The van der Waals surface area contributed by atoms with Crippen LogP contribution in [0.4, 0.5) is 11.4 Å². The number of carbonyl (C=O) groups is 1. The van der Waals surface area contributed by atoms with Gasteiger partial charge in [-0.05, 0) is 19.3 Å². The van der Waals surface area contributed by atoms with Gasteiger partial charge in [0.05, 0.1) is 21.2 Å². The Bertz CT molecular complexity index is 576. The molecule has 2 unspecified atom stereocenters. The molecule has 20 heavy (non-hydrogen) atoms. The number of carbonyl (C=O) groups excluding carboxylic acids is 1. The normalized spacial score (nSPS) is 22.1. The van der Waals surface area contributed by atoms with Crippen molar-refractivity contribution in [2.75, 3.05) is 12.3 Å². The predicted molar refractivity (Wildman–Crippen MR) is 76.8 cm³/mol. The fraction of sp³-hybridized carbons (Fsp3) is 0.462. The molecule has 0 aliphatic carbocycles. The summed E-state index contributed by atoms with van der Waals surface area (Å²) in [5, 5.41) is 10.9. The zero-order valence-corrected chi connectivity index (χ0v) is 12.1. The molecule has 1 aliphatic heterocycles. The van der Waals surface area contributed by atoms with Gasteiger partial charge in [0.15, 0.2) is 0 Å². The SMILES string of the molecule is CC1CC(C)N(C(=O)c2cc([N+](=O)[O-])cc(Cl)c2N)C1. The number of amides is 1. The number of nitrogen functional groups attached to an aromatic ring is 1. The van der Waals surface area contributed by atoms with Gasteiger partial charge in [-0.3, -0.25) is 14.9 Å². The van der Waals surface area contributed by atoms with E-state index in [1.165, 1.54) is 6.07 Å². The van der Waals surface area contributed by atoms with Crippen LogP contribution >= 0.6 is 11.6 Å². The summed E-state index contributed by atoms with van der Waals surface area (Å²) in [6.07, 6.45) is 0.911. The highest BCUT2D eigenvalue weighted by Crippen LogP contribution is 2.32. The number of hydrogen-bond donors (Lipinski definition) is 1. The molecule has 0 spiro atoms. The minimum atomic E-state index is -0.585. The quantitative estimate of drug-likeness (QED) is 0.516. The Balaban J connectivity index is 2.41. The Morgan fingerprint density at radius 3 is 2.65 bits per heavy atom. The largest absolute Gasteiger partial charge is 0.397 e. The Labute approximate surface area is 121 Å². The molecule has 1 fully saturated rings. The molecule has 108 valence electrons. The zero-order valence-electron chi connectivity index (χ0n) is 11.3. The van der Waals surface area contributed by atoms with Gasteiger partial charge in [0.25, 0.3) is 11.6 Å². The molecule has 1 aromatic carbocycles. The minimum Gasteiger partial charge on any atom is -0.397 e. The first kappa shape index (κ1) is 14.6. The van der Waals surface area contributed by atoms with Gasteiger partial charge in [0.2, 0.25) is 0 Å². The standard InChI is InChI=1S/C13H16ClN3O3/c1-7-3-8(2)16(6-7)13(18)10-4-9(17(19)20)5-11(14)12(10)15/h4-5,7-8H,3,6,15H2,1-2H3. The van der Waals surface area contributed by atoms with Crippen molar-refractivity contribution in [1.29, 1.82) is 0 Å². The molecule has 0 saturated carbocycles. The maximum atomic E-state index is 12.5. The average molecular weight is 298 g/mol. The van der Waals surface area contributed by atoms with Gasteiger partial charge in [-0.25, -0.2) is 0 Å². The van der Waals surface area contributed by atoms with Crippen LogP contribution in [-0.4, -0.2) is 28.3 Å². The first-order chi connectivity index (χ1) is 9.31. The van der Waals surface area contributed by atoms with E-state index >= 15 is 0 Å². The topological polar surface area (TPSA) is 89.5 Å². The smallest absolute Gasteiger partial charge is 0.271 e. The van der Waals surface area contributed by atoms with Crippen LogP contribution < -0.4 is 5.73 Å². The molecule has 2 rings (SSSR count). The predicted octanol–water partition coefficient (Wildman–Crippen LogP) is 2.70. The van der Waals surface area contributed by atoms with Crippen molar-refractivity contribution in [3.8, 4) is 0 Å². The van der Waals surface area contributed by atoms with E-state index in [2.05, 4.69) is 6.92 Å². The first-order valence-corrected chi connectivity index (χ1v) is 6.73. The van der Waals surface area contributed by atoms with Crippen LogP contribution in [0.3, 0.4) is 0 Å². The van der Waals surface area contributed by atoms with E-state index in [0.717, 1.165) is 12.5 Å². The summed E-state index contributed by atoms with van der Waals surface area (Å²) in [5.41, 5.74) is 5.76. The molecule has 6 nitrogen and oxygen atoms in total. The van der Waals surface area contributed by atoms with Gasteiger partial charge in [-0.1, -0.05) is 18.5 Å². The second-order valence-corrected chi connectivity index (χ2v) is 5.70. The number of benzene rings is 1. The van der Waals surface area contributed by atoms with Gasteiger partial charge >= 0.3 is 0 Å². The van der Waals surface area contributed by atoms with Gasteiger partial charge < -0.3 is 10.6 Å². The number of likely N-dealkylation sites (tertiary alicyclic amines) is 1. The highest BCUT2D eigenvalue weighted by molar-refractivity contribution is 6.34. The summed E-state index contributed by atoms with van der Waals surface area (Å²) in [6.45, 7) is 4.64. The summed E-state index contributed by atoms with van der Waals surface area (Å²) in [4.78, 5) is 24.5. The summed E-state index contributed by atoms with van der Waals surface area (Å²) >= 11 is 5.88. The Kier molecular flexibility index (Phi) is 3.85. The monoisotopic (exact) mass is 297 g/mol. The van der Waals surface area contributed by atoms with E-state index in [1.807, 2.05) is 6.92 Å². The number of nitrogens with two attached hydrogens (primary N) is 1. The van der Waals surface area contributed by atoms with Gasteiger partial charge in [-0.2, -0.15) is 0 Å². The van der Waals surface area contributed by atoms with E-state index in [9.17, 15) is 14.9 Å². The third-order valence-electron chi connectivity index (χ3n) is 3.60. The van der Waals surface area contributed by atoms with Crippen molar-refractivity contribution in [1.82, 2.24) is 4.90 Å². The Morgan fingerprint density at radius 2 is 2.15 bits per heavy atom. The van der Waals surface area contributed by atoms with Gasteiger partial charge in [-0.15, -0.1) is 0 Å². The maximum Gasteiger partial charge on any atom is 0.271 e. The lowest BCUT2D eigenvalue weighted by Gasteiger charge is -2.22. The molecule has 2 N–H and O–H groups in total. The number of rotatable bonds is 2. The van der Waals surface area contributed by atoms with Gasteiger partial charge in [0, 0.05) is 24.7 Å². The van der Waals surface area contributed by atoms with Crippen LogP contribution in [0.15, 0.2) is 12.1 Å². The lowest BCUT2D eigenvalue weighted by atomic mass is 10.1. The number of nitrogens with zero attached hydrogens (tertiary/aromatic N) is 2. The zero-order chi connectivity index (χ0) is 15.0. The maximum absolute atomic E-state index is 12.5. The van der Waals surface area contributed by atoms with Crippen LogP contribution in [0.5, 0.6) is 0 Å². The van der Waals surface area contributed by atoms with Crippen molar-refractivity contribution < 1.29 is 9.72 Å². The van der Waals surface area contributed by atoms with Crippen molar-refractivity contribution in [3.63, 3.8) is 0 Å². The molecule has 1 amide bonds. The molecular formula is C13H16ClN3O3. The molecule has 0 bridgehead atoms. The molecular weight excluding hydrogens is 282 g/mol. The molecule has 0 radical (unpaired) electrons. The molecule has 1 heterocycles. The van der Waals surface area contributed by atoms with Crippen LogP contribution in [0.2, 0.25) is 5.02 Å². The highest BCUT2D eigenvalue weighted by atomic mass is 35.5. The third kappa shape index (κ3) is 2.56. The molecule has 1 aliphatic rings. The summed E-state index contributed by atoms with van der Waals surface area (Å²) < 4.78 is 0. The van der Waals surface area contributed by atoms with Crippen LogP contribution in [-0.2, 0) is 0 Å². The summed E-state index contributed by atoms with van der Waals surface area (Å²) in [5.74, 6) is 0.106. The van der Waals surface area contributed by atoms with Crippen molar-refractivity contribution in [2.45, 2.75) is 26.3 Å². The lowest BCUT2D eigenvalue weighted by molar-refractivity contribution is -0.384. The molecule has 7 heteroatoms. The van der Waals surface area contributed by atoms with E-state index < -0.39 is 4.92 Å². The fourth-order valence-electron chi connectivity index (χ4n) is 2.62. The summed E-state index contributed by atoms with van der Waals surface area (Å²) in [7, 11) is 0. The number of halogens is 1. The fourth-order valence-corrected chi connectivity index (χ4v) is 2.84. The number of anilines is 1. The lowest BCUT2D eigenvalue weighted by Crippen LogP contribution is -2.34. The van der Waals surface area contributed by atoms with Crippen molar-refractivity contribution in [3.05, 3.63) is 32.8 Å². The summed E-state index contributed by atoms with van der Waals surface area (Å²) in [6, 6.07) is 2.44. The Morgan fingerprint density at radius 1 is 1.50 bits per heavy atom. The second kappa shape index (κ2) is 5.28. The Hall–Kier alpha value is -1.82. The van der Waals surface area contributed by atoms with Crippen molar-refractivity contribution in [2.24, 2.45) is 5.92 Å². The van der Waals surface area contributed by atoms with Crippen molar-refractivity contribution >= 4 is 28.9 Å². The van der Waals surface area contributed by atoms with Gasteiger partial charge in [0.1, 0.15) is 0 Å². The molecule has 0 aromatic heterocycles. The second-order valence-electron chi connectivity index (χ2n) is 5.29. The van der Waals surface area contributed by atoms with Crippen LogP contribution in [0, 0.1) is 16.0 Å². The first-order valence-electron chi connectivity index (χ1n) is 6.35. The van der Waals surface area contributed by atoms with E-state index in [-0.39, 0.29) is 33.9 Å². The molecule has 1 saturated heterocycles. The van der Waals surface area contributed by atoms with Crippen LogP contribution in [0.25, 0.3) is 0 Å². The van der Waals surface area contributed by atoms with E-state index in [4.69, 9.17) is 17.3 Å². The molecule has 2 atom stereocenters. The average Bonchev–Trinajstić information content (AvgIpc) is 2.70. The molecule has 1 aromatic rings. The van der Waals surface area contributed by atoms with Crippen LogP contribution in [0.1, 0.15) is 30.6 Å². The number of nitro groups is 1. The third-order valence-corrected chi connectivity index (χ3v) is 3.91. The minimum absolute atomic E-state index is 0.0300.